The lowest BCUT2D eigenvalue weighted by Crippen LogP contribution is -2.38. The fraction of sp³-hybridized carbons (Fsp3) is 0.409. The minimum atomic E-state index is -0.390. The molecule has 1 unspecified atom stereocenters. The van der Waals surface area contributed by atoms with Crippen LogP contribution in [0.3, 0.4) is 0 Å². The van der Waals surface area contributed by atoms with Crippen molar-refractivity contribution in [1.82, 2.24) is 0 Å². The minimum Gasteiger partial charge on any atom is -0.351 e. The van der Waals surface area contributed by atoms with Gasteiger partial charge in [-0.3, -0.25) is 4.90 Å². The predicted octanol–water partition coefficient (Wildman–Crippen LogP) is 5.63. The number of carbonyl (C=O) groups is 1. The first-order chi connectivity index (χ1) is 12.1. The highest BCUT2D eigenvalue weighted by molar-refractivity contribution is 5.90. The van der Waals surface area contributed by atoms with Crippen LogP contribution in [0.25, 0.3) is 0 Å². The number of primary amides is 1. The molecule has 0 aliphatic carbocycles. The van der Waals surface area contributed by atoms with Gasteiger partial charge in [0.25, 0.3) is 0 Å². The molecule has 3 heteroatoms. The van der Waals surface area contributed by atoms with Crippen molar-refractivity contribution < 1.29 is 4.79 Å². The minimum absolute atomic E-state index is 0.298. The van der Waals surface area contributed by atoms with Crippen molar-refractivity contribution in [3.63, 3.8) is 0 Å². The fourth-order valence-electron chi connectivity index (χ4n) is 3.17. The zero-order valence-electron chi connectivity index (χ0n) is 15.4. The number of unbranched alkanes of at least 4 members (excludes halogenated alkanes) is 3. The van der Waals surface area contributed by atoms with Crippen LogP contribution in [0.4, 0.5) is 10.5 Å². The lowest BCUT2D eigenvalue weighted by Gasteiger charge is -2.27. The molecule has 0 bridgehead atoms. The fourth-order valence-corrected chi connectivity index (χ4v) is 3.17. The van der Waals surface area contributed by atoms with Gasteiger partial charge < -0.3 is 5.73 Å². The number of benzene rings is 2. The summed E-state index contributed by atoms with van der Waals surface area (Å²) in [5.41, 5.74) is 9.01. The van der Waals surface area contributed by atoms with E-state index in [1.165, 1.54) is 36.8 Å². The van der Waals surface area contributed by atoms with E-state index < -0.39 is 6.03 Å². The summed E-state index contributed by atoms with van der Waals surface area (Å²) in [5.74, 6) is 0.298. The maximum atomic E-state index is 12.1. The molecule has 0 spiro atoms. The molecule has 1 atom stereocenters. The molecule has 3 nitrogen and oxygen atoms in total. The summed E-state index contributed by atoms with van der Waals surface area (Å²) in [6.45, 7) is 4.88. The Bertz CT molecular complexity index is 637. The third kappa shape index (κ3) is 5.93. The Morgan fingerprint density at radius 2 is 1.68 bits per heavy atom. The summed E-state index contributed by atoms with van der Waals surface area (Å²) in [4.78, 5) is 13.8. The van der Waals surface area contributed by atoms with E-state index in [0.717, 1.165) is 12.1 Å². The molecule has 0 heterocycles. The van der Waals surface area contributed by atoms with Crippen LogP contribution in [0.15, 0.2) is 54.6 Å². The third-order valence-corrected chi connectivity index (χ3v) is 4.69. The predicted molar refractivity (Wildman–Crippen MR) is 106 cm³/mol. The van der Waals surface area contributed by atoms with E-state index in [-0.39, 0.29) is 0 Å². The quantitative estimate of drug-likeness (QED) is 0.591. The first kappa shape index (κ1) is 19.0. The summed E-state index contributed by atoms with van der Waals surface area (Å²) in [6.07, 6.45) is 5.97. The van der Waals surface area contributed by atoms with E-state index in [1.807, 2.05) is 37.3 Å². The van der Waals surface area contributed by atoms with Crippen LogP contribution < -0.4 is 10.6 Å². The number of nitrogens with two attached hydrogens (primary N) is 1. The van der Waals surface area contributed by atoms with Crippen LogP contribution in [-0.4, -0.2) is 12.6 Å². The number of carbonyl (C=O) groups excluding carboxylic acids is 1. The standard InChI is InChI=1S/C22H30N2O/c1-3-4-5-7-12-20(19-10-8-6-9-11-19)17-24(22(23)25)21-15-13-18(2)14-16-21/h6,8-11,13-16,20H,3-5,7,12,17H2,1-2H3,(H2,23,25). The number of urea groups is 1. The van der Waals surface area contributed by atoms with Crippen molar-refractivity contribution in [2.24, 2.45) is 5.73 Å². The van der Waals surface area contributed by atoms with Gasteiger partial charge >= 0.3 is 6.03 Å². The van der Waals surface area contributed by atoms with Crippen molar-refractivity contribution in [3.8, 4) is 0 Å². The molecule has 0 saturated heterocycles. The number of hydrogen-bond acceptors (Lipinski definition) is 1. The molecule has 0 radical (unpaired) electrons. The maximum Gasteiger partial charge on any atom is 0.319 e. The van der Waals surface area contributed by atoms with Crippen LogP contribution >= 0.6 is 0 Å². The van der Waals surface area contributed by atoms with Crippen LogP contribution in [0.1, 0.15) is 56.1 Å². The van der Waals surface area contributed by atoms with Crippen molar-refractivity contribution in [3.05, 3.63) is 65.7 Å². The summed E-state index contributed by atoms with van der Waals surface area (Å²) < 4.78 is 0. The van der Waals surface area contributed by atoms with E-state index in [0.29, 0.717) is 12.5 Å². The topological polar surface area (TPSA) is 46.3 Å². The molecule has 0 saturated carbocycles. The summed E-state index contributed by atoms with van der Waals surface area (Å²) in [5, 5.41) is 0. The molecule has 2 amide bonds. The number of hydrogen-bond donors (Lipinski definition) is 1. The highest BCUT2D eigenvalue weighted by atomic mass is 16.2. The molecule has 0 aliphatic heterocycles. The molecule has 134 valence electrons. The van der Waals surface area contributed by atoms with Gasteiger partial charge in [-0.15, -0.1) is 0 Å². The lowest BCUT2D eigenvalue weighted by atomic mass is 9.92. The number of nitrogens with zero attached hydrogens (tertiary/aromatic N) is 1. The first-order valence-corrected chi connectivity index (χ1v) is 9.30. The van der Waals surface area contributed by atoms with Crippen molar-refractivity contribution in [2.45, 2.75) is 51.9 Å². The molecular weight excluding hydrogens is 308 g/mol. The Balaban J connectivity index is 2.16. The molecule has 2 aromatic rings. The van der Waals surface area contributed by atoms with Crippen LogP contribution in [0.2, 0.25) is 0 Å². The van der Waals surface area contributed by atoms with Gasteiger partial charge in [0, 0.05) is 18.2 Å². The number of amides is 2. The Hall–Kier alpha value is -2.29. The average molecular weight is 338 g/mol. The third-order valence-electron chi connectivity index (χ3n) is 4.69. The number of aryl methyl sites for hydroxylation is 1. The normalized spacial score (nSPS) is 11.9. The van der Waals surface area contributed by atoms with Gasteiger partial charge in [0.15, 0.2) is 0 Å². The monoisotopic (exact) mass is 338 g/mol. The Morgan fingerprint density at radius 1 is 1.00 bits per heavy atom. The number of anilines is 1. The highest BCUT2D eigenvalue weighted by Crippen LogP contribution is 2.26. The Labute approximate surface area is 151 Å². The van der Waals surface area contributed by atoms with E-state index in [1.54, 1.807) is 4.90 Å². The second kappa shape index (κ2) is 9.87. The maximum absolute atomic E-state index is 12.1. The smallest absolute Gasteiger partial charge is 0.319 e. The second-order valence-electron chi connectivity index (χ2n) is 6.74. The van der Waals surface area contributed by atoms with Crippen LogP contribution in [-0.2, 0) is 0 Å². The molecule has 2 aromatic carbocycles. The van der Waals surface area contributed by atoms with Gasteiger partial charge in [-0.1, -0.05) is 80.6 Å². The first-order valence-electron chi connectivity index (χ1n) is 9.30. The zero-order chi connectivity index (χ0) is 18.1. The molecule has 2 N–H and O–H groups in total. The van der Waals surface area contributed by atoms with Gasteiger partial charge in [0.05, 0.1) is 0 Å². The summed E-state index contributed by atoms with van der Waals surface area (Å²) >= 11 is 0. The molecule has 25 heavy (non-hydrogen) atoms. The van der Waals surface area contributed by atoms with E-state index in [4.69, 9.17) is 5.73 Å². The Kier molecular flexibility index (Phi) is 7.52. The van der Waals surface area contributed by atoms with Gasteiger partial charge in [-0.05, 0) is 31.0 Å². The summed E-state index contributed by atoms with van der Waals surface area (Å²) in [7, 11) is 0. The second-order valence-corrected chi connectivity index (χ2v) is 6.74. The Morgan fingerprint density at radius 3 is 2.28 bits per heavy atom. The van der Waals surface area contributed by atoms with Crippen LogP contribution in [0.5, 0.6) is 0 Å². The molecule has 0 aliphatic rings. The van der Waals surface area contributed by atoms with Crippen molar-refractivity contribution >= 4 is 11.7 Å². The number of rotatable bonds is 9. The highest BCUT2D eigenvalue weighted by Gasteiger charge is 2.20. The van der Waals surface area contributed by atoms with Crippen molar-refractivity contribution in [1.29, 1.82) is 0 Å². The SMILES string of the molecule is CCCCCCC(CN(C(N)=O)c1ccc(C)cc1)c1ccccc1. The van der Waals surface area contributed by atoms with Gasteiger partial charge in [0.1, 0.15) is 0 Å². The summed E-state index contributed by atoms with van der Waals surface area (Å²) in [6, 6.07) is 18.1. The molecule has 2 rings (SSSR count). The zero-order valence-corrected chi connectivity index (χ0v) is 15.4. The van der Waals surface area contributed by atoms with E-state index in [9.17, 15) is 4.79 Å². The van der Waals surface area contributed by atoms with Crippen LogP contribution in [0, 0.1) is 6.92 Å². The van der Waals surface area contributed by atoms with Gasteiger partial charge in [-0.25, -0.2) is 4.79 Å². The van der Waals surface area contributed by atoms with E-state index >= 15 is 0 Å². The van der Waals surface area contributed by atoms with Gasteiger partial charge in [-0.2, -0.15) is 0 Å². The molecular formula is C22H30N2O. The average Bonchev–Trinajstić information content (AvgIpc) is 2.62. The van der Waals surface area contributed by atoms with Crippen molar-refractivity contribution in [2.75, 3.05) is 11.4 Å². The largest absolute Gasteiger partial charge is 0.351 e. The molecule has 0 fully saturated rings. The van der Waals surface area contributed by atoms with E-state index in [2.05, 4.69) is 31.2 Å². The molecule has 0 aromatic heterocycles. The van der Waals surface area contributed by atoms with Gasteiger partial charge in [0.2, 0.25) is 0 Å². The lowest BCUT2D eigenvalue weighted by molar-refractivity contribution is 0.253.